The SMILES string of the molecule is COc1cccc2ccc(CN3CCCC(CC4CC4)(C(=O)O)C3)nc12. The van der Waals surface area contributed by atoms with Crippen molar-refractivity contribution in [3.8, 4) is 5.75 Å². The molecule has 1 unspecified atom stereocenters. The number of likely N-dealkylation sites (tertiary alicyclic amines) is 1. The van der Waals surface area contributed by atoms with Crippen molar-refractivity contribution >= 4 is 16.9 Å². The lowest BCUT2D eigenvalue weighted by atomic mass is 9.75. The van der Waals surface area contributed by atoms with Crippen molar-refractivity contribution in [2.24, 2.45) is 11.3 Å². The first-order valence-electron chi connectivity index (χ1n) is 9.48. The molecule has 138 valence electrons. The molecule has 0 bridgehead atoms. The number of piperidine rings is 1. The zero-order valence-corrected chi connectivity index (χ0v) is 15.3. The lowest BCUT2D eigenvalue weighted by Gasteiger charge is -2.40. The van der Waals surface area contributed by atoms with Gasteiger partial charge in [-0.2, -0.15) is 0 Å². The van der Waals surface area contributed by atoms with Gasteiger partial charge in [0, 0.05) is 18.5 Å². The third kappa shape index (κ3) is 3.40. The minimum absolute atomic E-state index is 0.575. The number of aliphatic carboxylic acids is 1. The highest BCUT2D eigenvalue weighted by atomic mass is 16.5. The van der Waals surface area contributed by atoms with Crippen LogP contribution in [0, 0.1) is 11.3 Å². The molecule has 1 N–H and O–H groups in total. The summed E-state index contributed by atoms with van der Waals surface area (Å²) in [4.78, 5) is 19.1. The van der Waals surface area contributed by atoms with Crippen LogP contribution >= 0.6 is 0 Å². The average Bonchev–Trinajstić information content (AvgIpc) is 3.45. The molecule has 1 saturated carbocycles. The topological polar surface area (TPSA) is 62.7 Å². The van der Waals surface area contributed by atoms with Crippen molar-refractivity contribution < 1.29 is 14.6 Å². The van der Waals surface area contributed by atoms with Crippen molar-refractivity contribution in [3.63, 3.8) is 0 Å². The summed E-state index contributed by atoms with van der Waals surface area (Å²) in [6, 6.07) is 10.0. The third-order valence-corrected chi connectivity index (χ3v) is 5.83. The van der Waals surface area contributed by atoms with Gasteiger partial charge in [0.25, 0.3) is 0 Å². The Bertz CT molecular complexity index is 818. The second kappa shape index (κ2) is 6.88. The first kappa shape index (κ1) is 17.3. The van der Waals surface area contributed by atoms with Gasteiger partial charge in [-0.15, -0.1) is 0 Å². The number of hydrogen-bond acceptors (Lipinski definition) is 4. The van der Waals surface area contributed by atoms with Crippen molar-refractivity contribution in [1.82, 2.24) is 9.88 Å². The van der Waals surface area contributed by atoms with Crippen molar-refractivity contribution in [1.29, 1.82) is 0 Å². The molecule has 2 aromatic rings. The highest BCUT2D eigenvalue weighted by molar-refractivity contribution is 5.84. The number of para-hydroxylation sites is 1. The van der Waals surface area contributed by atoms with E-state index in [9.17, 15) is 9.90 Å². The minimum Gasteiger partial charge on any atom is -0.494 e. The molecule has 1 aliphatic heterocycles. The molecule has 0 amide bonds. The molecule has 2 fully saturated rings. The van der Waals surface area contributed by atoms with Crippen LogP contribution in [0.25, 0.3) is 10.9 Å². The Labute approximate surface area is 154 Å². The van der Waals surface area contributed by atoms with Crippen LogP contribution in [-0.4, -0.2) is 41.2 Å². The van der Waals surface area contributed by atoms with Crippen LogP contribution in [0.3, 0.4) is 0 Å². The zero-order valence-electron chi connectivity index (χ0n) is 15.3. The van der Waals surface area contributed by atoms with Crippen LogP contribution in [-0.2, 0) is 11.3 Å². The van der Waals surface area contributed by atoms with Gasteiger partial charge in [0.1, 0.15) is 11.3 Å². The van der Waals surface area contributed by atoms with Gasteiger partial charge in [0.05, 0.1) is 18.2 Å². The van der Waals surface area contributed by atoms with E-state index < -0.39 is 11.4 Å². The normalized spacial score (nSPS) is 23.9. The largest absolute Gasteiger partial charge is 0.494 e. The fourth-order valence-corrected chi connectivity index (χ4v) is 4.31. The number of rotatable bonds is 6. The average molecular weight is 354 g/mol. The highest BCUT2D eigenvalue weighted by Crippen LogP contribution is 2.45. The number of ether oxygens (including phenoxy) is 1. The van der Waals surface area contributed by atoms with Crippen LogP contribution in [0.2, 0.25) is 0 Å². The Morgan fingerprint density at radius 2 is 2.19 bits per heavy atom. The van der Waals surface area contributed by atoms with Gasteiger partial charge < -0.3 is 9.84 Å². The second-order valence-electron chi connectivity index (χ2n) is 7.88. The maximum Gasteiger partial charge on any atom is 0.310 e. The Morgan fingerprint density at radius 1 is 1.35 bits per heavy atom. The van der Waals surface area contributed by atoms with Crippen LogP contribution in [0.1, 0.15) is 37.8 Å². The van der Waals surface area contributed by atoms with E-state index in [4.69, 9.17) is 9.72 Å². The quantitative estimate of drug-likeness (QED) is 0.857. The Hall–Kier alpha value is -2.14. The molecular weight excluding hydrogens is 328 g/mol. The number of nitrogens with zero attached hydrogens (tertiary/aromatic N) is 2. The van der Waals surface area contributed by atoms with Gasteiger partial charge in [0.2, 0.25) is 0 Å². The molecule has 1 aromatic carbocycles. The van der Waals surface area contributed by atoms with E-state index in [1.54, 1.807) is 7.11 Å². The lowest BCUT2D eigenvalue weighted by Crippen LogP contribution is -2.47. The Morgan fingerprint density at radius 3 is 2.92 bits per heavy atom. The van der Waals surface area contributed by atoms with Gasteiger partial charge in [0.15, 0.2) is 0 Å². The summed E-state index contributed by atoms with van der Waals surface area (Å²) in [6.07, 6.45) is 4.96. The summed E-state index contributed by atoms with van der Waals surface area (Å²) in [5, 5.41) is 11.0. The maximum atomic E-state index is 12.0. The number of methoxy groups -OCH3 is 1. The van der Waals surface area contributed by atoms with Gasteiger partial charge in [-0.3, -0.25) is 9.69 Å². The molecule has 2 heterocycles. The minimum atomic E-state index is -0.623. The van der Waals surface area contributed by atoms with Crippen LogP contribution in [0.15, 0.2) is 30.3 Å². The van der Waals surface area contributed by atoms with E-state index in [0.717, 1.165) is 48.2 Å². The zero-order chi connectivity index (χ0) is 18.1. The monoisotopic (exact) mass is 354 g/mol. The number of aromatic nitrogens is 1. The van der Waals surface area contributed by atoms with Crippen molar-refractivity contribution in [2.45, 2.75) is 38.6 Å². The van der Waals surface area contributed by atoms with Gasteiger partial charge in [-0.25, -0.2) is 4.98 Å². The highest BCUT2D eigenvalue weighted by Gasteiger charge is 2.45. The maximum absolute atomic E-state index is 12.0. The number of carboxylic acid groups (broad SMARTS) is 1. The Balaban J connectivity index is 1.54. The number of hydrogen-bond donors (Lipinski definition) is 1. The van der Waals surface area contributed by atoms with Crippen LogP contribution in [0.4, 0.5) is 0 Å². The molecule has 1 aromatic heterocycles. The number of carbonyl (C=O) groups is 1. The Kier molecular flexibility index (Phi) is 4.57. The summed E-state index contributed by atoms with van der Waals surface area (Å²) < 4.78 is 5.43. The van der Waals surface area contributed by atoms with Crippen LogP contribution in [0.5, 0.6) is 5.75 Å². The standard InChI is InChI=1S/C21H26N2O3/c1-26-18-5-2-4-16-8-9-17(22-19(16)18)13-23-11-3-10-21(14-23,20(24)25)12-15-6-7-15/h2,4-5,8-9,15H,3,6-7,10-14H2,1H3,(H,24,25). The summed E-state index contributed by atoms with van der Waals surface area (Å²) in [5.41, 5.74) is 1.26. The third-order valence-electron chi connectivity index (χ3n) is 5.83. The molecule has 1 atom stereocenters. The molecule has 2 aliphatic rings. The fourth-order valence-electron chi connectivity index (χ4n) is 4.31. The molecule has 1 aliphatic carbocycles. The van der Waals surface area contributed by atoms with Crippen molar-refractivity contribution in [2.75, 3.05) is 20.2 Å². The van der Waals surface area contributed by atoms with E-state index in [1.807, 2.05) is 24.3 Å². The summed E-state index contributed by atoms with van der Waals surface area (Å²) in [5.74, 6) is 0.771. The van der Waals surface area contributed by atoms with E-state index in [-0.39, 0.29) is 0 Å². The summed E-state index contributed by atoms with van der Waals surface area (Å²) in [7, 11) is 1.66. The number of benzene rings is 1. The number of carboxylic acids is 1. The molecule has 0 spiro atoms. The summed E-state index contributed by atoms with van der Waals surface area (Å²) in [6.45, 7) is 2.25. The summed E-state index contributed by atoms with van der Waals surface area (Å²) >= 11 is 0. The predicted octanol–water partition coefficient (Wildman–Crippen LogP) is 3.71. The van der Waals surface area contributed by atoms with Gasteiger partial charge in [-0.1, -0.05) is 31.0 Å². The molecule has 4 rings (SSSR count). The molecule has 26 heavy (non-hydrogen) atoms. The first-order chi connectivity index (χ1) is 12.6. The van der Waals surface area contributed by atoms with Gasteiger partial charge in [-0.05, 0) is 43.9 Å². The molecular formula is C21H26N2O3. The fraction of sp³-hybridized carbons (Fsp3) is 0.524. The molecule has 1 saturated heterocycles. The first-order valence-corrected chi connectivity index (χ1v) is 9.48. The van der Waals surface area contributed by atoms with Gasteiger partial charge >= 0.3 is 5.97 Å². The van der Waals surface area contributed by atoms with E-state index in [2.05, 4.69) is 11.0 Å². The molecule has 5 nitrogen and oxygen atoms in total. The molecule has 0 radical (unpaired) electrons. The smallest absolute Gasteiger partial charge is 0.310 e. The van der Waals surface area contributed by atoms with E-state index >= 15 is 0 Å². The lowest BCUT2D eigenvalue weighted by molar-refractivity contribution is -0.153. The van der Waals surface area contributed by atoms with Crippen molar-refractivity contribution in [3.05, 3.63) is 36.0 Å². The molecule has 5 heteroatoms. The number of pyridine rings is 1. The van der Waals surface area contributed by atoms with E-state index in [1.165, 1.54) is 12.8 Å². The van der Waals surface area contributed by atoms with E-state index in [0.29, 0.717) is 19.0 Å². The second-order valence-corrected chi connectivity index (χ2v) is 7.88. The number of fused-ring (bicyclic) bond motifs is 1. The van der Waals surface area contributed by atoms with Crippen LogP contribution < -0.4 is 4.74 Å². The predicted molar refractivity (Wildman–Crippen MR) is 100 cm³/mol.